The molecule has 1 spiro atoms. The fourth-order valence-corrected chi connectivity index (χ4v) is 4.53. The number of aromatic hydroxyl groups is 1. The summed E-state index contributed by atoms with van der Waals surface area (Å²) in [6.07, 6.45) is 3.78. The first-order chi connectivity index (χ1) is 13.5. The maximum atomic E-state index is 13.4. The van der Waals surface area contributed by atoms with Gasteiger partial charge in [0, 0.05) is 29.9 Å². The van der Waals surface area contributed by atoms with Crippen molar-refractivity contribution in [3.05, 3.63) is 59.9 Å². The third-order valence-corrected chi connectivity index (χ3v) is 5.92. The summed E-state index contributed by atoms with van der Waals surface area (Å²) >= 11 is 0. The predicted molar refractivity (Wildman–Crippen MR) is 104 cm³/mol. The lowest BCUT2D eigenvalue weighted by atomic mass is 9.71. The SMILES string of the molecule is O=C(N[C@H]1CCCC2(CCN(c3cccc(O)c3)C2=O)C1)c1cccc(F)c1. The number of hydrogen-bond donors (Lipinski definition) is 2. The molecule has 0 aromatic heterocycles. The second kappa shape index (κ2) is 7.26. The topological polar surface area (TPSA) is 69.6 Å². The Balaban J connectivity index is 1.47. The van der Waals surface area contributed by atoms with Crippen molar-refractivity contribution in [3.8, 4) is 5.75 Å². The van der Waals surface area contributed by atoms with Crippen molar-refractivity contribution in [1.29, 1.82) is 0 Å². The molecule has 1 saturated heterocycles. The molecule has 2 aromatic rings. The number of phenolic OH excluding ortho intramolecular Hbond substituents is 1. The van der Waals surface area contributed by atoms with E-state index < -0.39 is 11.2 Å². The number of carbonyl (C=O) groups excluding carboxylic acids is 2. The molecule has 2 amide bonds. The van der Waals surface area contributed by atoms with Gasteiger partial charge in [0.25, 0.3) is 5.91 Å². The molecule has 1 saturated carbocycles. The summed E-state index contributed by atoms with van der Waals surface area (Å²) in [7, 11) is 0. The van der Waals surface area contributed by atoms with Crippen LogP contribution < -0.4 is 10.2 Å². The summed E-state index contributed by atoms with van der Waals surface area (Å²) in [6.45, 7) is 0.604. The van der Waals surface area contributed by atoms with Crippen LogP contribution in [0.3, 0.4) is 0 Å². The highest BCUT2D eigenvalue weighted by Gasteiger charge is 2.49. The Morgan fingerprint density at radius 2 is 2.00 bits per heavy atom. The van der Waals surface area contributed by atoms with Crippen molar-refractivity contribution in [1.82, 2.24) is 5.32 Å². The summed E-state index contributed by atoms with van der Waals surface area (Å²) in [6, 6.07) is 12.2. The van der Waals surface area contributed by atoms with Crippen LogP contribution in [0.2, 0.25) is 0 Å². The van der Waals surface area contributed by atoms with Gasteiger partial charge in [0.1, 0.15) is 11.6 Å². The summed E-state index contributed by atoms with van der Waals surface area (Å²) < 4.78 is 13.4. The van der Waals surface area contributed by atoms with Gasteiger partial charge in [0.2, 0.25) is 5.91 Å². The Bertz CT molecular complexity index is 916. The average Bonchev–Trinajstić information content (AvgIpc) is 2.97. The maximum absolute atomic E-state index is 13.4. The third-order valence-electron chi connectivity index (χ3n) is 5.92. The molecular formula is C22H23FN2O3. The van der Waals surface area contributed by atoms with E-state index in [1.54, 1.807) is 29.2 Å². The van der Waals surface area contributed by atoms with E-state index in [1.165, 1.54) is 18.2 Å². The third kappa shape index (κ3) is 3.46. The zero-order valence-electron chi connectivity index (χ0n) is 15.5. The number of halogens is 1. The van der Waals surface area contributed by atoms with Crippen molar-refractivity contribution < 1.29 is 19.1 Å². The quantitative estimate of drug-likeness (QED) is 0.852. The number of hydrogen-bond acceptors (Lipinski definition) is 3. The average molecular weight is 382 g/mol. The molecule has 1 aliphatic heterocycles. The number of benzene rings is 2. The lowest BCUT2D eigenvalue weighted by Gasteiger charge is -2.37. The number of carbonyl (C=O) groups is 2. The van der Waals surface area contributed by atoms with E-state index in [4.69, 9.17) is 0 Å². The largest absolute Gasteiger partial charge is 0.508 e. The fourth-order valence-electron chi connectivity index (χ4n) is 4.53. The number of nitrogens with zero attached hydrogens (tertiary/aromatic N) is 1. The van der Waals surface area contributed by atoms with Gasteiger partial charge in [-0.1, -0.05) is 18.6 Å². The highest BCUT2D eigenvalue weighted by Crippen LogP contribution is 2.46. The van der Waals surface area contributed by atoms with Gasteiger partial charge in [0.15, 0.2) is 0 Å². The van der Waals surface area contributed by atoms with E-state index in [0.717, 1.165) is 25.7 Å². The van der Waals surface area contributed by atoms with Crippen LogP contribution in [0.1, 0.15) is 42.5 Å². The Labute approximate surface area is 163 Å². The second-order valence-corrected chi connectivity index (χ2v) is 7.78. The van der Waals surface area contributed by atoms with E-state index in [-0.39, 0.29) is 23.6 Å². The smallest absolute Gasteiger partial charge is 0.251 e. The first kappa shape index (κ1) is 18.5. The van der Waals surface area contributed by atoms with Crippen LogP contribution in [0, 0.1) is 11.2 Å². The molecule has 1 unspecified atom stereocenters. The highest BCUT2D eigenvalue weighted by molar-refractivity contribution is 6.00. The normalized spacial score (nSPS) is 24.5. The minimum absolute atomic E-state index is 0.0582. The van der Waals surface area contributed by atoms with Gasteiger partial charge in [-0.3, -0.25) is 9.59 Å². The molecule has 5 nitrogen and oxygen atoms in total. The van der Waals surface area contributed by atoms with Crippen molar-refractivity contribution in [2.24, 2.45) is 5.41 Å². The molecule has 2 atom stereocenters. The van der Waals surface area contributed by atoms with Crippen LogP contribution in [0.25, 0.3) is 0 Å². The van der Waals surface area contributed by atoms with Crippen LogP contribution in [-0.4, -0.2) is 29.5 Å². The minimum Gasteiger partial charge on any atom is -0.508 e. The van der Waals surface area contributed by atoms with E-state index in [1.807, 2.05) is 6.07 Å². The Kier molecular flexibility index (Phi) is 4.79. The molecule has 1 heterocycles. The van der Waals surface area contributed by atoms with Crippen molar-refractivity contribution in [3.63, 3.8) is 0 Å². The molecule has 2 aliphatic rings. The number of amides is 2. The monoisotopic (exact) mass is 382 g/mol. The van der Waals surface area contributed by atoms with E-state index in [0.29, 0.717) is 24.2 Å². The van der Waals surface area contributed by atoms with Gasteiger partial charge in [-0.15, -0.1) is 0 Å². The summed E-state index contributed by atoms with van der Waals surface area (Å²) in [5, 5.41) is 12.7. The lowest BCUT2D eigenvalue weighted by molar-refractivity contribution is -0.127. The molecular weight excluding hydrogens is 359 g/mol. The molecule has 0 bridgehead atoms. The van der Waals surface area contributed by atoms with Gasteiger partial charge < -0.3 is 15.3 Å². The first-order valence-electron chi connectivity index (χ1n) is 9.64. The van der Waals surface area contributed by atoms with Crippen LogP contribution in [0.15, 0.2) is 48.5 Å². The van der Waals surface area contributed by atoms with E-state index in [2.05, 4.69) is 5.32 Å². The Hall–Kier alpha value is -2.89. The summed E-state index contributed by atoms with van der Waals surface area (Å²) in [5.74, 6) is -0.560. The molecule has 146 valence electrons. The van der Waals surface area contributed by atoms with Gasteiger partial charge in [-0.05, 0) is 56.0 Å². The van der Waals surface area contributed by atoms with Crippen molar-refractivity contribution >= 4 is 17.5 Å². The van der Waals surface area contributed by atoms with Gasteiger partial charge in [0.05, 0.1) is 5.41 Å². The summed E-state index contributed by atoms with van der Waals surface area (Å²) in [5.41, 5.74) is 0.510. The first-order valence-corrected chi connectivity index (χ1v) is 9.64. The fraction of sp³-hybridized carbons (Fsp3) is 0.364. The molecule has 28 heavy (non-hydrogen) atoms. The molecule has 2 N–H and O–H groups in total. The molecule has 2 aromatic carbocycles. The van der Waals surface area contributed by atoms with Crippen LogP contribution >= 0.6 is 0 Å². The summed E-state index contributed by atoms with van der Waals surface area (Å²) in [4.78, 5) is 27.4. The molecule has 2 fully saturated rings. The Morgan fingerprint density at radius 3 is 2.79 bits per heavy atom. The van der Waals surface area contributed by atoms with Gasteiger partial charge in [-0.2, -0.15) is 0 Å². The zero-order valence-corrected chi connectivity index (χ0v) is 15.5. The molecule has 1 aliphatic carbocycles. The molecule has 0 radical (unpaired) electrons. The predicted octanol–water partition coefficient (Wildman–Crippen LogP) is 3.63. The number of anilines is 1. The minimum atomic E-state index is -0.483. The maximum Gasteiger partial charge on any atom is 0.251 e. The van der Waals surface area contributed by atoms with E-state index >= 15 is 0 Å². The standard InChI is InChI=1S/C22H23FN2O3/c23-16-5-1-4-15(12-16)20(27)24-17-6-3-9-22(14-17)10-11-25(21(22)28)18-7-2-8-19(26)13-18/h1-2,4-5,7-8,12-13,17,26H,3,6,9-11,14H2,(H,24,27)/t17-,22?/m0/s1. The number of nitrogens with one attached hydrogen (secondary N) is 1. The highest BCUT2D eigenvalue weighted by atomic mass is 19.1. The lowest BCUT2D eigenvalue weighted by Crippen LogP contribution is -2.46. The Morgan fingerprint density at radius 1 is 1.18 bits per heavy atom. The van der Waals surface area contributed by atoms with Crippen molar-refractivity contribution in [2.45, 2.75) is 38.1 Å². The van der Waals surface area contributed by atoms with Gasteiger partial charge >= 0.3 is 0 Å². The van der Waals surface area contributed by atoms with Crippen LogP contribution in [-0.2, 0) is 4.79 Å². The second-order valence-electron chi connectivity index (χ2n) is 7.78. The molecule has 6 heteroatoms. The van der Waals surface area contributed by atoms with Crippen LogP contribution in [0.5, 0.6) is 5.75 Å². The zero-order chi connectivity index (χ0) is 19.7. The number of phenols is 1. The van der Waals surface area contributed by atoms with Crippen molar-refractivity contribution in [2.75, 3.05) is 11.4 Å². The number of rotatable bonds is 3. The molecule has 4 rings (SSSR count). The van der Waals surface area contributed by atoms with Gasteiger partial charge in [-0.25, -0.2) is 4.39 Å². The van der Waals surface area contributed by atoms with Crippen LogP contribution in [0.4, 0.5) is 10.1 Å². The van der Waals surface area contributed by atoms with E-state index in [9.17, 15) is 19.1 Å².